The van der Waals surface area contributed by atoms with Crippen molar-refractivity contribution < 1.29 is 28.9 Å². The molecule has 33 heavy (non-hydrogen) atoms. The van der Waals surface area contributed by atoms with Gasteiger partial charge in [-0.1, -0.05) is 0 Å². The number of nitro groups is 2. The third-order valence-corrected chi connectivity index (χ3v) is 5.12. The lowest BCUT2D eigenvalue weighted by atomic mass is 10.1. The number of ether oxygens (including phenoxy) is 2. The van der Waals surface area contributed by atoms with Crippen LogP contribution < -0.4 is 15.0 Å². The van der Waals surface area contributed by atoms with Crippen LogP contribution in [-0.4, -0.2) is 48.5 Å². The van der Waals surface area contributed by atoms with E-state index in [-0.39, 0.29) is 28.4 Å². The van der Waals surface area contributed by atoms with Crippen LogP contribution in [0.1, 0.15) is 29.6 Å². The van der Waals surface area contributed by atoms with Gasteiger partial charge in [-0.05, 0) is 37.5 Å². The Morgan fingerprint density at radius 1 is 1.03 bits per heavy atom. The maximum Gasteiger partial charge on any atom is 0.341 e. The number of nitrogens with zero attached hydrogens (tertiary/aromatic N) is 3. The molecule has 2 aromatic rings. The fourth-order valence-corrected chi connectivity index (χ4v) is 3.50. The second-order valence-corrected chi connectivity index (χ2v) is 7.27. The number of nitrogens with one attached hydrogen (secondary N) is 1. The number of amides is 1. The van der Waals surface area contributed by atoms with E-state index in [1.807, 2.05) is 4.90 Å². The summed E-state index contributed by atoms with van der Waals surface area (Å²) in [6.07, 6.45) is 2.91. The molecule has 12 nitrogen and oxygen atoms in total. The quantitative estimate of drug-likeness (QED) is 0.356. The van der Waals surface area contributed by atoms with Gasteiger partial charge in [0.05, 0.1) is 34.3 Å². The minimum Gasteiger partial charge on any atom is -0.496 e. The molecule has 3 rings (SSSR count). The Kier molecular flexibility index (Phi) is 7.38. The number of hydrogen-bond donors (Lipinski definition) is 1. The number of hydrogen-bond acceptors (Lipinski definition) is 9. The zero-order chi connectivity index (χ0) is 24.0. The Hall–Kier alpha value is -4.22. The summed E-state index contributed by atoms with van der Waals surface area (Å²) < 4.78 is 10.0. The van der Waals surface area contributed by atoms with Crippen molar-refractivity contribution >= 4 is 34.6 Å². The van der Waals surface area contributed by atoms with E-state index in [1.54, 1.807) is 0 Å². The van der Waals surface area contributed by atoms with Crippen molar-refractivity contribution in [3.8, 4) is 5.75 Å². The SMILES string of the molecule is COc1ccc(NC(=O)COC(=O)c2cc([N+](=O)[O-])ccc2N2CCCCC2)c([N+](=O)[O-])c1. The molecule has 0 bridgehead atoms. The monoisotopic (exact) mass is 458 g/mol. The molecule has 2 aromatic carbocycles. The van der Waals surface area contributed by atoms with Crippen molar-refractivity contribution in [2.75, 3.05) is 37.0 Å². The van der Waals surface area contributed by atoms with Crippen LogP contribution in [0.2, 0.25) is 0 Å². The molecule has 0 saturated carbocycles. The van der Waals surface area contributed by atoms with Crippen molar-refractivity contribution in [3.05, 3.63) is 62.2 Å². The van der Waals surface area contributed by atoms with Crippen LogP contribution >= 0.6 is 0 Å². The summed E-state index contributed by atoms with van der Waals surface area (Å²) in [5.41, 5.74) is -0.279. The van der Waals surface area contributed by atoms with Gasteiger partial charge in [-0.15, -0.1) is 0 Å². The molecule has 1 aliphatic rings. The zero-order valence-corrected chi connectivity index (χ0v) is 17.8. The first kappa shape index (κ1) is 23.4. The van der Waals surface area contributed by atoms with Crippen molar-refractivity contribution in [1.82, 2.24) is 0 Å². The lowest BCUT2D eigenvalue weighted by Crippen LogP contribution is -2.31. The van der Waals surface area contributed by atoms with Gasteiger partial charge in [-0.2, -0.15) is 0 Å². The molecule has 1 saturated heterocycles. The van der Waals surface area contributed by atoms with Crippen molar-refractivity contribution in [2.45, 2.75) is 19.3 Å². The van der Waals surface area contributed by atoms with Gasteiger partial charge in [0, 0.05) is 25.2 Å². The topological polar surface area (TPSA) is 154 Å². The second kappa shape index (κ2) is 10.4. The average molecular weight is 458 g/mol. The Morgan fingerprint density at radius 3 is 2.39 bits per heavy atom. The van der Waals surface area contributed by atoms with E-state index in [9.17, 15) is 29.8 Å². The first-order valence-corrected chi connectivity index (χ1v) is 10.1. The van der Waals surface area contributed by atoms with Crippen LogP contribution in [-0.2, 0) is 9.53 Å². The summed E-state index contributed by atoms with van der Waals surface area (Å²) in [7, 11) is 1.35. The second-order valence-electron chi connectivity index (χ2n) is 7.27. The smallest absolute Gasteiger partial charge is 0.341 e. The Morgan fingerprint density at radius 2 is 1.76 bits per heavy atom. The van der Waals surface area contributed by atoms with Crippen LogP contribution in [0.4, 0.5) is 22.7 Å². The van der Waals surface area contributed by atoms with Gasteiger partial charge in [0.2, 0.25) is 0 Å². The summed E-state index contributed by atoms with van der Waals surface area (Å²) in [4.78, 5) is 48.1. The standard InChI is InChI=1S/C21H22N4O8/c1-32-15-6-7-17(19(12-15)25(30)31)22-20(26)13-33-21(27)16-11-14(24(28)29)5-8-18(16)23-9-3-2-4-10-23/h5-8,11-12H,2-4,9-10,13H2,1H3,(H,22,26). The number of nitro benzene ring substituents is 2. The fourth-order valence-electron chi connectivity index (χ4n) is 3.50. The summed E-state index contributed by atoms with van der Waals surface area (Å²) in [5.74, 6) is -1.47. The van der Waals surface area contributed by atoms with Gasteiger partial charge >= 0.3 is 5.97 Å². The molecule has 1 amide bonds. The predicted molar refractivity (Wildman–Crippen MR) is 118 cm³/mol. The molecule has 0 radical (unpaired) electrons. The maximum atomic E-state index is 12.7. The molecule has 0 unspecified atom stereocenters. The van der Waals surface area contributed by atoms with E-state index in [2.05, 4.69) is 5.32 Å². The minimum absolute atomic E-state index is 0.0191. The molecule has 1 N–H and O–H groups in total. The van der Waals surface area contributed by atoms with Crippen LogP contribution in [0.5, 0.6) is 5.75 Å². The zero-order valence-electron chi connectivity index (χ0n) is 17.8. The van der Waals surface area contributed by atoms with Crippen LogP contribution in [0.15, 0.2) is 36.4 Å². The van der Waals surface area contributed by atoms with Gasteiger partial charge in [0.15, 0.2) is 6.61 Å². The Balaban J connectivity index is 1.74. The highest BCUT2D eigenvalue weighted by Crippen LogP contribution is 2.30. The van der Waals surface area contributed by atoms with E-state index in [0.29, 0.717) is 18.8 Å². The van der Waals surface area contributed by atoms with Gasteiger partial charge in [-0.3, -0.25) is 25.0 Å². The van der Waals surface area contributed by atoms with Gasteiger partial charge < -0.3 is 19.7 Å². The molecule has 1 heterocycles. The van der Waals surface area contributed by atoms with Crippen molar-refractivity contribution in [2.24, 2.45) is 0 Å². The average Bonchev–Trinajstić information content (AvgIpc) is 2.82. The highest BCUT2D eigenvalue weighted by molar-refractivity contribution is 6.00. The Labute approximate surface area is 188 Å². The van der Waals surface area contributed by atoms with Crippen molar-refractivity contribution in [1.29, 1.82) is 0 Å². The first-order chi connectivity index (χ1) is 15.8. The third-order valence-electron chi connectivity index (χ3n) is 5.12. The number of anilines is 2. The number of esters is 1. The van der Waals surface area contributed by atoms with Crippen LogP contribution in [0.25, 0.3) is 0 Å². The number of non-ortho nitro benzene ring substituents is 1. The van der Waals surface area contributed by atoms with E-state index in [0.717, 1.165) is 31.4 Å². The third kappa shape index (κ3) is 5.73. The number of rotatable bonds is 8. The molecule has 174 valence electrons. The normalized spacial score (nSPS) is 13.2. The fraction of sp³-hybridized carbons (Fsp3) is 0.333. The highest BCUT2D eigenvalue weighted by Gasteiger charge is 2.24. The molecular weight excluding hydrogens is 436 g/mol. The summed E-state index contributed by atoms with van der Waals surface area (Å²) in [6.45, 7) is 0.656. The van der Waals surface area contributed by atoms with E-state index < -0.39 is 28.3 Å². The minimum atomic E-state index is -0.904. The number of benzene rings is 2. The van der Waals surface area contributed by atoms with Crippen LogP contribution in [0.3, 0.4) is 0 Å². The Bertz CT molecular complexity index is 1080. The maximum absolute atomic E-state index is 12.7. The number of methoxy groups -OCH3 is 1. The van der Waals surface area contributed by atoms with E-state index in [1.165, 1.54) is 31.4 Å². The first-order valence-electron chi connectivity index (χ1n) is 10.1. The lowest BCUT2D eigenvalue weighted by Gasteiger charge is -2.30. The largest absolute Gasteiger partial charge is 0.496 e. The number of carbonyl (C=O) groups is 2. The molecule has 0 atom stereocenters. The van der Waals surface area contributed by atoms with E-state index in [4.69, 9.17) is 9.47 Å². The van der Waals surface area contributed by atoms with Gasteiger partial charge in [-0.25, -0.2) is 4.79 Å². The highest BCUT2D eigenvalue weighted by atomic mass is 16.6. The van der Waals surface area contributed by atoms with Gasteiger partial charge in [0.1, 0.15) is 11.4 Å². The molecule has 1 fully saturated rings. The molecule has 0 aliphatic carbocycles. The molecule has 0 spiro atoms. The molecule has 12 heteroatoms. The molecular formula is C21H22N4O8. The molecule has 0 aromatic heterocycles. The molecule has 1 aliphatic heterocycles. The number of carbonyl (C=O) groups excluding carboxylic acids is 2. The van der Waals surface area contributed by atoms with E-state index >= 15 is 0 Å². The lowest BCUT2D eigenvalue weighted by molar-refractivity contribution is -0.384. The van der Waals surface area contributed by atoms with Crippen LogP contribution in [0, 0.1) is 20.2 Å². The predicted octanol–water partition coefficient (Wildman–Crippen LogP) is 3.30. The summed E-state index contributed by atoms with van der Waals surface area (Å²) >= 11 is 0. The van der Waals surface area contributed by atoms with Gasteiger partial charge in [0.25, 0.3) is 17.3 Å². The summed E-state index contributed by atoms with van der Waals surface area (Å²) in [5, 5.41) is 24.8. The number of piperidine rings is 1. The summed E-state index contributed by atoms with van der Waals surface area (Å²) in [6, 6.07) is 7.82. The van der Waals surface area contributed by atoms with Crippen molar-refractivity contribution in [3.63, 3.8) is 0 Å².